The van der Waals surface area contributed by atoms with E-state index in [0.29, 0.717) is 5.56 Å². The monoisotopic (exact) mass is 235 g/mol. The molecule has 0 unspecified atom stereocenters. The zero-order valence-electron chi connectivity index (χ0n) is 9.42. The number of rotatable bonds is 5. The van der Waals surface area contributed by atoms with E-state index in [1.165, 1.54) is 7.11 Å². The van der Waals surface area contributed by atoms with Crippen molar-refractivity contribution in [2.75, 3.05) is 13.7 Å². The molecule has 17 heavy (non-hydrogen) atoms. The minimum Gasteiger partial charge on any atom is -0.477 e. The highest BCUT2D eigenvalue weighted by atomic mass is 16.5. The van der Waals surface area contributed by atoms with Crippen LogP contribution in [-0.4, -0.2) is 36.4 Å². The molecule has 0 atom stereocenters. The van der Waals surface area contributed by atoms with Crippen LogP contribution in [0.2, 0.25) is 0 Å². The number of nitrogens with zero attached hydrogens (tertiary/aromatic N) is 1. The Morgan fingerprint density at radius 2 is 1.94 bits per heavy atom. The van der Waals surface area contributed by atoms with Crippen LogP contribution in [0.5, 0.6) is 0 Å². The van der Waals surface area contributed by atoms with Gasteiger partial charge in [-0.2, -0.15) is 0 Å². The van der Waals surface area contributed by atoms with Gasteiger partial charge in [0, 0.05) is 5.56 Å². The minimum atomic E-state index is -1.11. The highest BCUT2D eigenvalue weighted by molar-refractivity contribution is 6.42. The first-order valence-electron chi connectivity index (χ1n) is 5.05. The molecule has 0 saturated heterocycles. The maximum Gasteiger partial charge on any atom is 0.354 e. The van der Waals surface area contributed by atoms with Gasteiger partial charge in [-0.1, -0.05) is 30.3 Å². The molecule has 0 aliphatic heterocycles. The van der Waals surface area contributed by atoms with Gasteiger partial charge >= 0.3 is 11.9 Å². The molecule has 1 aromatic carbocycles. The van der Waals surface area contributed by atoms with E-state index in [4.69, 9.17) is 5.11 Å². The fourth-order valence-electron chi connectivity index (χ4n) is 1.24. The summed E-state index contributed by atoms with van der Waals surface area (Å²) < 4.78 is 4.44. The van der Waals surface area contributed by atoms with Crippen LogP contribution in [0.25, 0.3) is 0 Å². The Morgan fingerprint density at radius 1 is 1.29 bits per heavy atom. The molecule has 0 aliphatic rings. The molecule has 0 aliphatic carbocycles. The summed E-state index contributed by atoms with van der Waals surface area (Å²) in [6, 6.07) is 8.57. The second-order valence-corrected chi connectivity index (χ2v) is 3.23. The second kappa shape index (κ2) is 6.42. The van der Waals surface area contributed by atoms with E-state index in [9.17, 15) is 9.59 Å². The molecule has 1 aromatic rings. The van der Waals surface area contributed by atoms with Gasteiger partial charge in [0.15, 0.2) is 0 Å². The Balaban J connectivity index is 2.77. The Morgan fingerprint density at radius 3 is 2.47 bits per heavy atom. The molecular formula is C12H13NO4. The van der Waals surface area contributed by atoms with Gasteiger partial charge in [0.05, 0.1) is 20.1 Å². The molecule has 0 heterocycles. The molecule has 0 aromatic heterocycles. The number of carbonyl (C=O) groups is 2. The van der Waals surface area contributed by atoms with E-state index in [-0.39, 0.29) is 18.7 Å². The molecule has 0 amide bonds. The van der Waals surface area contributed by atoms with Gasteiger partial charge in [-0.25, -0.2) is 4.79 Å². The summed E-state index contributed by atoms with van der Waals surface area (Å²) >= 11 is 0. The van der Waals surface area contributed by atoms with Crippen molar-refractivity contribution < 1.29 is 19.4 Å². The van der Waals surface area contributed by atoms with E-state index < -0.39 is 11.9 Å². The molecule has 0 fully saturated rings. The quantitative estimate of drug-likeness (QED) is 0.613. The van der Waals surface area contributed by atoms with Crippen LogP contribution >= 0.6 is 0 Å². The number of hydrogen-bond donors (Lipinski definition) is 1. The number of esters is 1. The van der Waals surface area contributed by atoms with Gasteiger partial charge in [-0.3, -0.25) is 9.79 Å². The van der Waals surface area contributed by atoms with E-state index in [1.54, 1.807) is 30.3 Å². The van der Waals surface area contributed by atoms with E-state index in [2.05, 4.69) is 9.73 Å². The zero-order chi connectivity index (χ0) is 12.7. The number of methoxy groups -OCH3 is 1. The fraction of sp³-hybridized carbons (Fsp3) is 0.250. The Kier molecular flexibility index (Phi) is 4.87. The van der Waals surface area contributed by atoms with Crippen LogP contribution in [0.15, 0.2) is 35.3 Å². The van der Waals surface area contributed by atoms with Crippen molar-refractivity contribution >= 4 is 17.7 Å². The van der Waals surface area contributed by atoms with Crippen molar-refractivity contribution in [1.82, 2.24) is 0 Å². The third kappa shape index (κ3) is 4.06. The lowest BCUT2D eigenvalue weighted by Gasteiger charge is -2.01. The molecule has 0 spiro atoms. The molecule has 0 saturated carbocycles. The van der Waals surface area contributed by atoms with Crippen LogP contribution < -0.4 is 0 Å². The summed E-state index contributed by atoms with van der Waals surface area (Å²) in [5.41, 5.74) is 0.472. The summed E-state index contributed by atoms with van der Waals surface area (Å²) in [5.74, 6) is -1.52. The number of benzene rings is 1. The lowest BCUT2D eigenvalue weighted by molar-refractivity contribution is -0.140. The number of hydrogen-bond acceptors (Lipinski definition) is 4. The number of aliphatic imine (C=N–C) groups is 1. The van der Waals surface area contributed by atoms with Crippen LogP contribution in [-0.2, 0) is 14.3 Å². The molecule has 5 heteroatoms. The molecule has 1 N–H and O–H groups in total. The van der Waals surface area contributed by atoms with E-state index >= 15 is 0 Å². The largest absolute Gasteiger partial charge is 0.477 e. The summed E-state index contributed by atoms with van der Waals surface area (Å²) in [6.07, 6.45) is 0.0696. The zero-order valence-corrected chi connectivity index (χ0v) is 9.42. The van der Waals surface area contributed by atoms with Crippen molar-refractivity contribution in [3.05, 3.63) is 35.9 Å². The first-order chi connectivity index (χ1) is 8.15. The van der Waals surface area contributed by atoms with Gasteiger partial charge in [0.25, 0.3) is 0 Å². The highest BCUT2D eigenvalue weighted by Gasteiger charge is 2.11. The molecule has 5 nitrogen and oxygen atoms in total. The standard InChI is InChI=1S/C12H13NO4/c1-17-10(14)7-8-13-11(12(15)16)9-5-3-2-4-6-9/h2-6H,7-8H2,1H3,(H,15,16). The van der Waals surface area contributed by atoms with Crippen LogP contribution in [0.4, 0.5) is 0 Å². The molecule has 90 valence electrons. The number of carboxylic acid groups (broad SMARTS) is 1. The highest BCUT2D eigenvalue weighted by Crippen LogP contribution is 2.02. The average molecular weight is 235 g/mol. The maximum absolute atomic E-state index is 11.0. The molecule has 1 rings (SSSR count). The van der Waals surface area contributed by atoms with Crippen molar-refractivity contribution in [1.29, 1.82) is 0 Å². The summed E-state index contributed by atoms with van der Waals surface area (Å²) in [5, 5.41) is 9.00. The van der Waals surface area contributed by atoms with Crippen LogP contribution in [0.3, 0.4) is 0 Å². The lowest BCUT2D eigenvalue weighted by Crippen LogP contribution is -2.15. The average Bonchev–Trinajstić information content (AvgIpc) is 2.34. The van der Waals surface area contributed by atoms with E-state index in [0.717, 1.165) is 0 Å². The number of carbonyl (C=O) groups excluding carboxylic acids is 1. The third-order valence-corrected chi connectivity index (χ3v) is 2.06. The first kappa shape index (κ1) is 12.9. The smallest absolute Gasteiger partial charge is 0.354 e. The number of ether oxygens (including phenoxy) is 1. The number of aliphatic carboxylic acids is 1. The van der Waals surface area contributed by atoms with Crippen molar-refractivity contribution in [2.24, 2.45) is 4.99 Å². The number of carboxylic acids is 1. The van der Waals surface area contributed by atoms with Gasteiger partial charge < -0.3 is 9.84 Å². The van der Waals surface area contributed by atoms with Gasteiger partial charge in [-0.15, -0.1) is 0 Å². The topological polar surface area (TPSA) is 76.0 Å². The predicted octanol–water partition coefficient (Wildman–Crippen LogP) is 1.12. The maximum atomic E-state index is 11.0. The fourth-order valence-corrected chi connectivity index (χ4v) is 1.24. The minimum absolute atomic E-state index is 0.0468. The van der Waals surface area contributed by atoms with Crippen molar-refractivity contribution in [2.45, 2.75) is 6.42 Å². The Bertz CT molecular complexity index is 425. The van der Waals surface area contributed by atoms with Gasteiger partial charge in [-0.05, 0) is 0 Å². The SMILES string of the molecule is COC(=O)CCN=C(C(=O)O)c1ccccc1. The second-order valence-electron chi connectivity index (χ2n) is 3.23. The summed E-state index contributed by atoms with van der Waals surface area (Å²) in [4.78, 5) is 25.8. The Labute approximate surface area is 98.7 Å². The first-order valence-corrected chi connectivity index (χ1v) is 5.05. The van der Waals surface area contributed by atoms with Crippen LogP contribution in [0, 0.1) is 0 Å². The normalized spacial score (nSPS) is 11.0. The Hall–Kier alpha value is -2.17. The lowest BCUT2D eigenvalue weighted by atomic mass is 10.1. The summed E-state index contributed by atoms with van der Waals surface area (Å²) in [7, 11) is 1.28. The van der Waals surface area contributed by atoms with Gasteiger partial charge in [0.1, 0.15) is 5.71 Å². The molecule has 0 radical (unpaired) electrons. The third-order valence-electron chi connectivity index (χ3n) is 2.06. The van der Waals surface area contributed by atoms with Crippen molar-refractivity contribution in [3.8, 4) is 0 Å². The summed E-state index contributed by atoms with van der Waals surface area (Å²) in [6.45, 7) is 0.100. The van der Waals surface area contributed by atoms with Crippen LogP contribution in [0.1, 0.15) is 12.0 Å². The molecule has 0 bridgehead atoms. The van der Waals surface area contributed by atoms with E-state index in [1.807, 2.05) is 0 Å². The van der Waals surface area contributed by atoms with Gasteiger partial charge in [0.2, 0.25) is 0 Å². The predicted molar refractivity (Wildman–Crippen MR) is 62.1 cm³/mol. The van der Waals surface area contributed by atoms with Crippen molar-refractivity contribution in [3.63, 3.8) is 0 Å². The molecular weight excluding hydrogens is 222 g/mol.